The second-order valence-electron chi connectivity index (χ2n) is 12.4. The number of rotatable bonds is 11. The molecule has 0 aromatic heterocycles. The van der Waals surface area contributed by atoms with E-state index in [4.69, 9.17) is 0 Å². The fraction of sp³-hybridized carbons (Fsp3) is 0.724. The zero-order valence-electron chi connectivity index (χ0n) is 23.1. The third-order valence-electron chi connectivity index (χ3n) is 9.97. The van der Waals surface area contributed by atoms with Crippen molar-refractivity contribution < 1.29 is 45.1 Å². The molecule has 232 valence electrons. The summed E-state index contributed by atoms with van der Waals surface area (Å²) in [5.41, 5.74) is 2.10. The van der Waals surface area contributed by atoms with E-state index >= 15 is 0 Å². The maximum atomic E-state index is 13.2. The molecule has 12 heteroatoms. The van der Waals surface area contributed by atoms with E-state index in [2.05, 4.69) is 23.8 Å². The van der Waals surface area contributed by atoms with Crippen molar-refractivity contribution in [1.82, 2.24) is 0 Å². The number of nitrogens with one attached hydrogen (secondary N) is 1. The van der Waals surface area contributed by atoms with E-state index in [1.54, 1.807) is 12.1 Å². The van der Waals surface area contributed by atoms with Gasteiger partial charge in [-0.05, 0) is 104 Å². The summed E-state index contributed by atoms with van der Waals surface area (Å²) in [5, 5.41) is 20.2. The quantitative estimate of drug-likeness (QED) is 0.0941. The fourth-order valence-corrected chi connectivity index (χ4v) is 8.29. The molecule has 1 aromatic carbocycles. The van der Waals surface area contributed by atoms with E-state index in [0.717, 1.165) is 49.7 Å². The van der Waals surface area contributed by atoms with Crippen LogP contribution < -0.4 is 4.72 Å². The van der Waals surface area contributed by atoms with Gasteiger partial charge in [-0.15, -0.1) is 0 Å². The number of aliphatic hydroxyl groups excluding tert-OH is 2. The van der Waals surface area contributed by atoms with Gasteiger partial charge in [0, 0.05) is 0 Å². The molecule has 6 atom stereocenters. The molecule has 0 bridgehead atoms. The minimum atomic E-state index is -5.77. The monoisotopic (exact) mass is 609 g/mol. The van der Waals surface area contributed by atoms with Gasteiger partial charge < -0.3 is 10.2 Å². The Labute approximate surface area is 238 Å². The van der Waals surface area contributed by atoms with Crippen LogP contribution in [0, 0.1) is 16.7 Å². The Morgan fingerprint density at radius 2 is 1.78 bits per heavy atom. The summed E-state index contributed by atoms with van der Waals surface area (Å²) in [4.78, 5) is 0. The molecule has 3 aliphatic carbocycles. The third-order valence-corrected chi connectivity index (χ3v) is 10.5. The Kier molecular flexibility index (Phi) is 9.20. The van der Waals surface area contributed by atoms with Gasteiger partial charge in [-0.2, -0.15) is 30.4 Å². The molecule has 0 radical (unpaired) electrons. The SMILES string of the molecule is C[C@]12CCC3c4ccc(NS(=O)(=O)O)cc4CCC3(C=CCCCCCC[C@H](O)C(F)(F)C(F)(F)F)C1CC[C@@H]2O. The van der Waals surface area contributed by atoms with Gasteiger partial charge >= 0.3 is 22.4 Å². The first-order chi connectivity index (χ1) is 19.0. The first-order valence-electron chi connectivity index (χ1n) is 14.4. The number of hydrogen-bond donors (Lipinski definition) is 4. The number of aryl methyl sites for hydroxylation is 1. The van der Waals surface area contributed by atoms with Crippen LogP contribution in [0.1, 0.15) is 94.6 Å². The lowest BCUT2D eigenvalue weighted by atomic mass is 9.47. The molecule has 3 aliphatic rings. The van der Waals surface area contributed by atoms with Crippen molar-refractivity contribution in [2.75, 3.05) is 4.72 Å². The van der Waals surface area contributed by atoms with Crippen LogP contribution in [0.5, 0.6) is 0 Å². The molecule has 0 spiro atoms. The van der Waals surface area contributed by atoms with Gasteiger partial charge in [0.25, 0.3) is 0 Å². The van der Waals surface area contributed by atoms with E-state index in [9.17, 15) is 45.1 Å². The van der Waals surface area contributed by atoms with E-state index in [0.29, 0.717) is 31.4 Å². The van der Waals surface area contributed by atoms with Gasteiger partial charge in [0.1, 0.15) is 6.10 Å². The predicted molar refractivity (Wildman–Crippen MR) is 145 cm³/mol. The number of benzene rings is 1. The maximum Gasteiger partial charge on any atom is 0.456 e. The van der Waals surface area contributed by atoms with Gasteiger partial charge in [-0.25, -0.2) is 0 Å². The maximum absolute atomic E-state index is 13.2. The molecule has 2 fully saturated rings. The van der Waals surface area contributed by atoms with Gasteiger partial charge in [-0.3, -0.25) is 9.27 Å². The van der Waals surface area contributed by atoms with Gasteiger partial charge in [-0.1, -0.05) is 44.4 Å². The van der Waals surface area contributed by atoms with Crippen molar-refractivity contribution >= 4 is 16.0 Å². The highest BCUT2D eigenvalue weighted by atomic mass is 32.2. The highest BCUT2D eigenvalue weighted by Crippen LogP contribution is 2.67. The Bertz CT molecular complexity index is 1220. The summed E-state index contributed by atoms with van der Waals surface area (Å²) in [6.45, 7) is 2.17. The summed E-state index contributed by atoms with van der Waals surface area (Å²) in [6.07, 6.45) is 2.46. The van der Waals surface area contributed by atoms with Gasteiger partial charge in [0.15, 0.2) is 0 Å². The molecule has 0 saturated heterocycles. The number of aliphatic hydroxyl groups is 2. The molecule has 2 saturated carbocycles. The van der Waals surface area contributed by atoms with Crippen molar-refractivity contribution in [3.8, 4) is 0 Å². The normalized spacial score (nSPS) is 31.0. The Morgan fingerprint density at radius 1 is 1.07 bits per heavy atom. The highest BCUT2D eigenvalue weighted by molar-refractivity contribution is 7.87. The molecule has 41 heavy (non-hydrogen) atoms. The molecule has 1 aromatic rings. The minimum Gasteiger partial charge on any atom is -0.393 e. The highest BCUT2D eigenvalue weighted by Gasteiger charge is 2.62. The van der Waals surface area contributed by atoms with Crippen LogP contribution in [-0.2, 0) is 16.7 Å². The largest absolute Gasteiger partial charge is 0.456 e. The number of hydrogen-bond acceptors (Lipinski definition) is 4. The molecule has 0 amide bonds. The first-order valence-corrected chi connectivity index (χ1v) is 15.8. The average molecular weight is 610 g/mol. The lowest BCUT2D eigenvalue weighted by Gasteiger charge is -2.57. The number of halogens is 5. The first kappa shape index (κ1) is 32.2. The van der Waals surface area contributed by atoms with Crippen LogP contribution in [0.3, 0.4) is 0 Å². The Morgan fingerprint density at radius 3 is 2.46 bits per heavy atom. The average Bonchev–Trinajstić information content (AvgIpc) is 3.18. The third kappa shape index (κ3) is 6.45. The number of alkyl halides is 5. The van der Waals surface area contributed by atoms with Crippen molar-refractivity contribution in [3.05, 3.63) is 41.5 Å². The van der Waals surface area contributed by atoms with E-state index < -0.39 is 34.9 Å². The predicted octanol–water partition coefficient (Wildman–Crippen LogP) is 6.94. The van der Waals surface area contributed by atoms with Crippen LogP contribution in [0.15, 0.2) is 30.4 Å². The van der Waals surface area contributed by atoms with Crippen molar-refractivity contribution in [1.29, 1.82) is 0 Å². The number of allylic oxidation sites excluding steroid dienone is 2. The van der Waals surface area contributed by atoms with Crippen LogP contribution in [0.4, 0.5) is 27.6 Å². The molecule has 3 unspecified atom stereocenters. The molecule has 4 rings (SSSR count). The van der Waals surface area contributed by atoms with E-state index in [1.807, 2.05) is 6.07 Å². The fourth-order valence-electron chi connectivity index (χ4n) is 7.87. The van der Waals surface area contributed by atoms with Gasteiger partial charge in [0.2, 0.25) is 0 Å². The molecule has 4 N–H and O–H groups in total. The van der Waals surface area contributed by atoms with Crippen LogP contribution in [0.25, 0.3) is 0 Å². The summed E-state index contributed by atoms with van der Waals surface area (Å²) in [5.74, 6) is -4.66. The second-order valence-corrected chi connectivity index (χ2v) is 13.5. The lowest BCUT2D eigenvalue weighted by Crippen LogP contribution is -2.50. The molecule has 6 nitrogen and oxygen atoms in total. The molecule has 0 aliphatic heterocycles. The zero-order valence-corrected chi connectivity index (χ0v) is 24.0. The van der Waals surface area contributed by atoms with E-state index in [-0.39, 0.29) is 35.2 Å². The smallest absolute Gasteiger partial charge is 0.393 e. The summed E-state index contributed by atoms with van der Waals surface area (Å²) < 4.78 is 97.5. The number of fused-ring (bicyclic) bond motifs is 5. The van der Waals surface area contributed by atoms with Crippen LogP contribution >= 0.6 is 0 Å². The van der Waals surface area contributed by atoms with Crippen molar-refractivity contribution in [2.24, 2.45) is 16.7 Å². The summed E-state index contributed by atoms with van der Waals surface area (Å²) in [7, 11) is -4.39. The molecular weight excluding hydrogens is 569 g/mol. The van der Waals surface area contributed by atoms with Gasteiger partial charge in [0.05, 0.1) is 11.8 Å². The van der Waals surface area contributed by atoms with Crippen molar-refractivity contribution in [3.63, 3.8) is 0 Å². The molecule has 0 heterocycles. The van der Waals surface area contributed by atoms with Crippen LogP contribution in [-0.4, -0.2) is 47.5 Å². The Hall–Kier alpha value is -1.76. The Balaban J connectivity index is 1.42. The summed E-state index contributed by atoms with van der Waals surface area (Å²) in [6, 6.07) is 5.36. The lowest BCUT2D eigenvalue weighted by molar-refractivity contribution is -0.313. The van der Waals surface area contributed by atoms with E-state index in [1.165, 1.54) is 0 Å². The minimum absolute atomic E-state index is 0.0755. The molecular formula is C29H40F5NO5S. The number of unbranched alkanes of at least 4 members (excludes halogenated alkanes) is 4. The number of anilines is 1. The standard InChI is InChI=1S/C29H40F5NO5S/c1-26-16-14-22-21-10-9-20(35-41(38,39)40)18-19(21)13-17-27(22,23(26)11-12-24(26)36)15-7-5-3-2-4-6-8-25(37)28(30,31)29(32,33)34/h7,9-10,15,18,22-25,35-37H,2-6,8,11-14,16-17H2,1H3,(H,38,39,40)/t22?,23?,24-,25-,26-,27?/m0/s1. The second kappa shape index (κ2) is 11.7. The summed E-state index contributed by atoms with van der Waals surface area (Å²) >= 11 is 0. The van der Waals surface area contributed by atoms with Crippen molar-refractivity contribution in [2.45, 2.75) is 114 Å². The zero-order chi connectivity index (χ0) is 30.3. The topological polar surface area (TPSA) is 107 Å². The van der Waals surface area contributed by atoms with Crippen LogP contribution in [0.2, 0.25) is 0 Å².